The Hall–Kier alpha value is -0.990. The largest absolute Gasteiger partial charge is 0.501 e. The lowest BCUT2D eigenvalue weighted by atomic mass is 10.8. The van der Waals surface area contributed by atoms with Crippen molar-refractivity contribution >= 4 is 5.97 Å². The van der Waals surface area contributed by atoms with Crippen LogP contribution in [0.3, 0.4) is 0 Å². The summed E-state index contributed by atoms with van der Waals surface area (Å²) in [6.45, 7) is 1.32. The second-order valence-corrected chi connectivity index (χ2v) is 1.12. The first-order valence-electron chi connectivity index (χ1n) is 2.12. The first kappa shape index (κ1) is 7.01. The molecule has 8 heavy (non-hydrogen) atoms. The SMILES string of the molecule is COC=COC(C)=O. The molecule has 0 rings (SSSR count). The van der Waals surface area contributed by atoms with E-state index in [9.17, 15) is 4.79 Å². The molecule has 0 aliphatic heterocycles. The number of rotatable bonds is 2. The van der Waals surface area contributed by atoms with E-state index >= 15 is 0 Å². The molecule has 0 amide bonds. The van der Waals surface area contributed by atoms with Crippen LogP contribution in [0.2, 0.25) is 0 Å². The predicted octanol–water partition coefficient (Wildman–Crippen LogP) is 0.667. The van der Waals surface area contributed by atoms with Gasteiger partial charge in [0.1, 0.15) is 12.5 Å². The molecule has 0 heterocycles. The molecule has 46 valence electrons. The zero-order valence-corrected chi connectivity index (χ0v) is 4.88. The molecule has 0 aromatic heterocycles. The van der Waals surface area contributed by atoms with Crippen LogP contribution in [0.25, 0.3) is 0 Å². The van der Waals surface area contributed by atoms with Crippen molar-refractivity contribution in [1.29, 1.82) is 0 Å². The molecule has 0 radical (unpaired) electrons. The number of ether oxygens (including phenoxy) is 2. The fraction of sp³-hybridized carbons (Fsp3) is 0.400. The Kier molecular flexibility index (Phi) is 3.66. The van der Waals surface area contributed by atoms with Gasteiger partial charge in [0.2, 0.25) is 0 Å². The lowest BCUT2D eigenvalue weighted by Crippen LogP contribution is -1.89. The maximum atomic E-state index is 9.99. The van der Waals surface area contributed by atoms with Crippen molar-refractivity contribution in [3.8, 4) is 0 Å². The lowest BCUT2D eigenvalue weighted by molar-refractivity contribution is -0.135. The highest BCUT2D eigenvalue weighted by atomic mass is 16.5. The van der Waals surface area contributed by atoms with Crippen molar-refractivity contribution in [3.63, 3.8) is 0 Å². The summed E-state index contributed by atoms with van der Waals surface area (Å²) >= 11 is 0. The molecule has 0 fully saturated rings. The first-order valence-corrected chi connectivity index (χ1v) is 2.12. The standard InChI is InChI=1S/C5H8O3/c1-5(6)8-4-3-7-2/h3-4H,1-2H3. The van der Waals surface area contributed by atoms with Gasteiger partial charge >= 0.3 is 5.97 Å². The van der Waals surface area contributed by atoms with Gasteiger partial charge in [-0.3, -0.25) is 4.79 Å². The molecule has 0 aromatic rings. The first-order chi connectivity index (χ1) is 3.77. The van der Waals surface area contributed by atoms with Crippen LogP contribution in [-0.2, 0) is 14.3 Å². The predicted molar refractivity (Wildman–Crippen MR) is 27.9 cm³/mol. The van der Waals surface area contributed by atoms with Crippen molar-refractivity contribution in [2.45, 2.75) is 6.92 Å². The number of carbonyl (C=O) groups is 1. The summed E-state index contributed by atoms with van der Waals surface area (Å²) in [6.07, 6.45) is 2.46. The number of methoxy groups -OCH3 is 1. The van der Waals surface area contributed by atoms with Crippen molar-refractivity contribution in [3.05, 3.63) is 12.5 Å². The van der Waals surface area contributed by atoms with Crippen LogP contribution in [0.1, 0.15) is 6.92 Å². The molecule has 0 spiro atoms. The van der Waals surface area contributed by atoms with Crippen LogP contribution >= 0.6 is 0 Å². The lowest BCUT2D eigenvalue weighted by Gasteiger charge is -1.88. The number of hydrogen-bond donors (Lipinski definition) is 0. The van der Waals surface area contributed by atoms with Crippen LogP contribution in [-0.4, -0.2) is 13.1 Å². The number of esters is 1. The van der Waals surface area contributed by atoms with E-state index in [1.54, 1.807) is 0 Å². The fourth-order valence-electron chi connectivity index (χ4n) is 0.179. The van der Waals surface area contributed by atoms with E-state index in [0.717, 1.165) is 0 Å². The van der Waals surface area contributed by atoms with Crippen LogP contribution in [0.15, 0.2) is 12.5 Å². The summed E-state index contributed by atoms with van der Waals surface area (Å²) in [6, 6.07) is 0. The molecule has 0 bridgehead atoms. The zero-order valence-electron chi connectivity index (χ0n) is 4.88. The van der Waals surface area contributed by atoms with Crippen molar-refractivity contribution < 1.29 is 14.3 Å². The molecule has 3 heteroatoms. The summed E-state index contributed by atoms with van der Waals surface area (Å²) in [5, 5.41) is 0. The van der Waals surface area contributed by atoms with Crippen molar-refractivity contribution in [1.82, 2.24) is 0 Å². The molecule has 0 unspecified atom stereocenters. The summed E-state index contributed by atoms with van der Waals surface area (Å²) in [5.74, 6) is -0.349. The second kappa shape index (κ2) is 4.18. The Morgan fingerprint density at radius 3 is 2.50 bits per heavy atom. The van der Waals surface area contributed by atoms with E-state index in [4.69, 9.17) is 0 Å². The Bertz CT molecular complexity index is 95.8. The van der Waals surface area contributed by atoms with Gasteiger partial charge in [-0.05, 0) is 0 Å². The normalized spacial score (nSPS) is 9.25. The van der Waals surface area contributed by atoms with Crippen molar-refractivity contribution in [2.24, 2.45) is 0 Å². The second-order valence-electron chi connectivity index (χ2n) is 1.12. The fourth-order valence-corrected chi connectivity index (χ4v) is 0.179. The Morgan fingerprint density at radius 1 is 1.50 bits per heavy atom. The van der Waals surface area contributed by atoms with Gasteiger partial charge in [0.25, 0.3) is 0 Å². The Morgan fingerprint density at radius 2 is 2.12 bits per heavy atom. The van der Waals surface area contributed by atoms with E-state index < -0.39 is 0 Å². The van der Waals surface area contributed by atoms with Gasteiger partial charge in [-0.25, -0.2) is 0 Å². The van der Waals surface area contributed by atoms with Gasteiger partial charge in [-0.15, -0.1) is 0 Å². The highest BCUT2D eigenvalue weighted by Crippen LogP contribution is 1.77. The minimum Gasteiger partial charge on any atom is -0.501 e. The molecule has 0 aliphatic carbocycles. The maximum absolute atomic E-state index is 9.99. The molecule has 0 atom stereocenters. The van der Waals surface area contributed by atoms with Gasteiger partial charge in [-0.1, -0.05) is 0 Å². The van der Waals surface area contributed by atoms with Crippen molar-refractivity contribution in [2.75, 3.05) is 7.11 Å². The van der Waals surface area contributed by atoms with Crippen LogP contribution < -0.4 is 0 Å². The molecular formula is C5H8O3. The summed E-state index contributed by atoms with van der Waals surface area (Å²) in [4.78, 5) is 9.99. The Labute approximate surface area is 47.9 Å². The topological polar surface area (TPSA) is 35.5 Å². The minimum atomic E-state index is -0.349. The zero-order chi connectivity index (χ0) is 6.41. The molecular weight excluding hydrogens is 108 g/mol. The van der Waals surface area contributed by atoms with E-state index in [-0.39, 0.29) is 5.97 Å². The average molecular weight is 116 g/mol. The average Bonchev–Trinajstić information content (AvgIpc) is 1.66. The molecule has 0 aliphatic rings. The summed E-state index contributed by atoms with van der Waals surface area (Å²) in [5.41, 5.74) is 0. The smallest absolute Gasteiger partial charge is 0.307 e. The monoisotopic (exact) mass is 116 g/mol. The molecule has 0 saturated carbocycles. The molecule has 0 aromatic carbocycles. The Balaban J connectivity index is 3.16. The van der Waals surface area contributed by atoms with E-state index in [1.807, 2.05) is 0 Å². The van der Waals surface area contributed by atoms with Gasteiger partial charge in [-0.2, -0.15) is 0 Å². The third kappa shape index (κ3) is 5.01. The minimum absolute atomic E-state index is 0.349. The van der Waals surface area contributed by atoms with Gasteiger partial charge in [0, 0.05) is 6.92 Å². The van der Waals surface area contributed by atoms with Crippen LogP contribution in [0.4, 0.5) is 0 Å². The van der Waals surface area contributed by atoms with Gasteiger partial charge in [0.05, 0.1) is 7.11 Å². The van der Waals surface area contributed by atoms with E-state index in [1.165, 1.54) is 26.6 Å². The number of carbonyl (C=O) groups excluding carboxylic acids is 1. The van der Waals surface area contributed by atoms with Crippen LogP contribution in [0, 0.1) is 0 Å². The van der Waals surface area contributed by atoms with Gasteiger partial charge in [0.15, 0.2) is 0 Å². The van der Waals surface area contributed by atoms with Crippen LogP contribution in [0.5, 0.6) is 0 Å². The quantitative estimate of drug-likeness (QED) is 0.393. The van der Waals surface area contributed by atoms with Gasteiger partial charge < -0.3 is 9.47 Å². The third-order valence-corrected chi connectivity index (χ3v) is 0.426. The molecule has 0 saturated heterocycles. The third-order valence-electron chi connectivity index (χ3n) is 0.426. The molecule has 0 N–H and O–H groups in total. The summed E-state index contributed by atoms with van der Waals surface area (Å²) < 4.78 is 8.77. The highest BCUT2D eigenvalue weighted by Gasteiger charge is 1.81. The molecule has 3 nitrogen and oxygen atoms in total. The number of hydrogen-bond acceptors (Lipinski definition) is 3. The van der Waals surface area contributed by atoms with E-state index in [0.29, 0.717) is 0 Å². The maximum Gasteiger partial charge on any atom is 0.307 e. The summed E-state index contributed by atoms with van der Waals surface area (Å²) in [7, 11) is 1.47. The highest BCUT2D eigenvalue weighted by molar-refractivity contribution is 5.66. The van der Waals surface area contributed by atoms with E-state index in [2.05, 4.69) is 9.47 Å².